The summed E-state index contributed by atoms with van der Waals surface area (Å²) in [6, 6.07) is 0.264. The normalized spacial score (nSPS) is 23.5. The lowest BCUT2D eigenvalue weighted by Gasteiger charge is -2.41. The van der Waals surface area contributed by atoms with E-state index in [-0.39, 0.29) is 24.2 Å². The minimum absolute atomic E-state index is 0.0944. The predicted octanol–water partition coefficient (Wildman–Crippen LogP) is 6.00. The van der Waals surface area contributed by atoms with Crippen LogP contribution in [0.2, 0.25) is 0 Å². The molecular weight excluding hydrogens is 470 g/mol. The summed E-state index contributed by atoms with van der Waals surface area (Å²) >= 11 is 0. The highest BCUT2D eigenvalue weighted by atomic mass is 32.2. The van der Waals surface area contributed by atoms with Gasteiger partial charge < -0.3 is 10.2 Å². The van der Waals surface area contributed by atoms with E-state index < -0.39 is 20.1 Å². The van der Waals surface area contributed by atoms with Crippen LogP contribution in [-0.2, 0) is 14.6 Å². The maximum Gasteiger partial charge on any atom is 0.244 e. The van der Waals surface area contributed by atoms with Crippen LogP contribution in [0.3, 0.4) is 0 Å². The molecule has 7 heteroatoms. The number of amidine groups is 1. The van der Waals surface area contributed by atoms with E-state index in [0.29, 0.717) is 11.8 Å². The van der Waals surface area contributed by atoms with E-state index in [0.717, 1.165) is 63.2 Å². The average molecular weight is 526 g/mol. The second-order valence-corrected chi connectivity index (χ2v) is 16.3. The van der Waals surface area contributed by atoms with Gasteiger partial charge in [-0.3, -0.25) is 9.79 Å². The smallest absolute Gasteiger partial charge is 0.244 e. The quantitative estimate of drug-likeness (QED) is 0.265. The molecule has 0 bridgehead atoms. The number of nitrogens with one attached hydrogen (secondary N) is 1. The molecular formula is C29H55N3O3S. The van der Waals surface area contributed by atoms with E-state index in [1.54, 1.807) is 20.8 Å². The molecule has 0 aromatic heterocycles. The van der Waals surface area contributed by atoms with Crippen molar-refractivity contribution < 1.29 is 13.2 Å². The van der Waals surface area contributed by atoms with Gasteiger partial charge in [0.25, 0.3) is 0 Å². The molecule has 0 radical (unpaired) electrons. The van der Waals surface area contributed by atoms with Crippen molar-refractivity contribution in [3.05, 3.63) is 0 Å². The first kappa shape index (κ1) is 31.1. The Morgan fingerprint density at radius 1 is 1.08 bits per heavy atom. The molecule has 1 heterocycles. The number of aliphatic imine (C=N–C) groups is 1. The van der Waals surface area contributed by atoms with Gasteiger partial charge in [0.2, 0.25) is 5.91 Å². The number of carbonyl (C=O) groups is 1. The lowest BCUT2D eigenvalue weighted by atomic mass is 9.83. The van der Waals surface area contributed by atoms with E-state index in [9.17, 15) is 13.2 Å². The van der Waals surface area contributed by atoms with Gasteiger partial charge in [0, 0.05) is 19.0 Å². The lowest BCUT2D eigenvalue weighted by molar-refractivity contribution is -0.130. The first-order chi connectivity index (χ1) is 16.6. The SMILES string of the molecule is CC(C)CCCC1CC(C)N(C(=O)CN=C(CC(C)C)NC2(CS(=O)(=O)C(C)(C)C)CCCCC2)C1. The summed E-state index contributed by atoms with van der Waals surface area (Å²) in [7, 11) is -3.29. The summed E-state index contributed by atoms with van der Waals surface area (Å²) in [5.41, 5.74) is -0.496. The zero-order valence-electron chi connectivity index (χ0n) is 24.5. The van der Waals surface area contributed by atoms with Crippen molar-refractivity contribution in [2.45, 2.75) is 136 Å². The summed E-state index contributed by atoms with van der Waals surface area (Å²) in [6.07, 6.45) is 10.3. The van der Waals surface area contributed by atoms with Crippen LogP contribution in [0.25, 0.3) is 0 Å². The van der Waals surface area contributed by atoms with Crippen LogP contribution >= 0.6 is 0 Å². The topological polar surface area (TPSA) is 78.8 Å². The van der Waals surface area contributed by atoms with Gasteiger partial charge >= 0.3 is 0 Å². The number of carbonyl (C=O) groups excluding carboxylic acids is 1. The summed E-state index contributed by atoms with van der Waals surface area (Å²) in [5.74, 6) is 2.70. The lowest BCUT2D eigenvalue weighted by Crippen LogP contribution is -2.56. The third kappa shape index (κ3) is 9.33. The van der Waals surface area contributed by atoms with Crippen molar-refractivity contribution in [2.75, 3.05) is 18.8 Å². The Morgan fingerprint density at radius 3 is 2.28 bits per heavy atom. The predicted molar refractivity (Wildman–Crippen MR) is 152 cm³/mol. The van der Waals surface area contributed by atoms with E-state index in [2.05, 4.69) is 39.9 Å². The fraction of sp³-hybridized carbons (Fsp3) is 0.931. The van der Waals surface area contributed by atoms with Gasteiger partial charge in [-0.25, -0.2) is 8.42 Å². The van der Waals surface area contributed by atoms with Gasteiger partial charge in [0.15, 0.2) is 9.84 Å². The molecule has 2 unspecified atom stereocenters. The molecule has 0 aromatic rings. The zero-order valence-corrected chi connectivity index (χ0v) is 25.3. The monoisotopic (exact) mass is 525 g/mol. The van der Waals surface area contributed by atoms with Gasteiger partial charge in [0.1, 0.15) is 6.54 Å². The van der Waals surface area contributed by atoms with Gasteiger partial charge in [-0.05, 0) is 71.1 Å². The minimum atomic E-state index is -3.29. The van der Waals surface area contributed by atoms with Crippen LogP contribution in [0, 0.1) is 17.8 Å². The van der Waals surface area contributed by atoms with Crippen molar-refractivity contribution in [2.24, 2.45) is 22.7 Å². The number of nitrogens with zero attached hydrogens (tertiary/aromatic N) is 2. The number of likely N-dealkylation sites (tertiary alicyclic amines) is 1. The van der Waals surface area contributed by atoms with E-state index in [1.807, 2.05) is 4.90 Å². The molecule has 0 aromatic carbocycles. The Bertz CT molecular complexity index is 836. The number of amides is 1. The van der Waals surface area contributed by atoms with Crippen LogP contribution in [0.15, 0.2) is 4.99 Å². The molecule has 2 rings (SSSR count). The molecule has 6 nitrogen and oxygen atoms in total. The van der Waals surface area contributed by atoms with Crippen molar-refractivity contribution in [3.63, 3.8) is 0 Å². The van der Waals surface area contributed by atoms with Gasteiger partial charge in [0.05, 0.1) is 21.9 Å². The molecule has 36 heavy (non-hydrogen) atoms. The molecule has 1 saturated heterocycles. The number of rotatable bonds is 11. The molecule has 1 amide bonds. The van der Waals surface area contributed by atoms with Crippen LogP contribution in [0.4, 0.5) is 0 Å². The number of hydrogen-bond donors (Lipinski definition) is 1. The summed E-state index contributed by atoms with van der Waals surface area (Å²) < 4.78 is 25.6. The molecule has 2 aliphatic rings. The highest BCUT2D eigenvalue weighted by molar-refractivity contribution is 7.92. The second-order valence-electron chi connectivity index (χ2n) is 13.5. The first-order valence-electron chi connectivity index (χ1n) is 14.5. The minimum Gasteiger partial charge on any atom is -0.367 e. The molecule has 1 aliphatic carbocycles. The Labute approximate surface area is 222 Å². The second kappa shape index (κ2) is 13.1. The molecule has 2 atom stereocenters. The highest BCUT2D eigenvalue weighted by Gasteiger charge is 2.42. The van der Waals surface area contributed by atoms with Crippen molar-refractivity contribution >= 4 is 21.6 Å². The fourth-order valence-electron chi connectivity index (χ4n) is 5.73. The Kier molecular flexibility index (Phi) is 11.3. The van der Waals surface area contributed by atoms with Crippen molar-refractivity contribution in [1.82, 2.24) is 10.2 Å². The molecule has 0 spiro atoms. The fourth-order valence-corrected chi connectivity index (χ4v) is 7.25. The molecule has 1 aliphatic heterocycles. The van der Waals surface area contributed by atoms with Crippen LogP contribution in [0.1, 0.15) is 120 Å². The standard InChI is InChI=1S/C29H55N3O3S/c1-22(2)13-12-14-25-18-24(5)32(20-25)27(33)19-30-26(17-23(3)4)31-29(15-10-9-11-16-29)21-36(34,35)28(6,7)8/h22-25H,9-21H2,1-8H3,(H,30,31). The molecule has 210 valence electrons. The Balaban J connectivity index is 2.12. The maximum atomic E-state index is 13.2. The molecule has 1 saturated carbocycles. The largest absolute Gasteiger partial charge is 0.367 e. The summed E-state index contributed by atoms with van der Waals surface area (Å²) in [4.78, 5) is 20.0. The number of hydrogen-bond acceptors (Lipinski definition) is 4. The average Bonchev–Trinajstić information content (AvgIpc) is 3.11. The van der Waals surface area contributed by atoms with E-state index in [1.165, 1.54) is 19.3 Å². The van der Waals surface area contributed by atoms with E-state index in [4.69, 9.17) is 4.99 Å². The Morgan fingerprint density at radius 2 is 1.72 bits per heavy atom. The summed E-state index contributed by atoms with van der Waals surface area (Å²) in [6.45, 7) is 17.3. The third-order valence-electron chi connectivity index (χ3n) is 8.00. The molecule has 1 N–H and O–H groups in total. The van der Waals surface area contributed by atoms with Gasteiger partial charge in [-0.1, -0.05) is 59.8 Å². The zero-order chi connectivity index (χ0) is 27.1. The highest BCUT2D eigenvalue weighted by Crippen LogP contribution is 2.33. The summed E-state index contributed by atoms with van der Waals surface area (Å²) in [5, 5.41) is 3.63. The number of sulfone groups is 1. The van der Waals surface area contributed by atoms with Gasteiger partial charge in [-0.2, -0.15) is 0 Å². The third-order valence-corrected chi connectivity index (χ3v) is 10.8. The van der Waals surface area contributed by atoms with Gasteiger partial charge in [-0.15, -0.1) is 0 Å². The maximum absolute atomic E-state index is 13.2. The van der Waals surface area contributed by atoms with Crippen molar-refractivity contribution in [1.29, 1.82) is 0 Å². The van der Waals surface area contributed by atoms with Crippen LogP contribution in [-0.4, -0.2) is 60.2 Å². The molecule has 2 fully saturated rings. The van der Waals surface area contributed by atoms with Crippen molar-refractivity contribution in [3.8, 4) is 0 Å². The van der Waals surface area contributed by atoms with E-state index >= 15 is 0 Å². The van der Waals surface area contributed by atoms with Crippen LogP contribution in [0.5, 0.6) is 0 Å². The Hall–Kier alpha value is -1.11. The first-order valence-corrected chi connectivity index (χ1v) is 16.1. The van der Waals surface area contributed by atoms with Crippen LogP contribution < -0.4 is 5.32 Å².